The van der Waals surface area contributed by atoms with Crippen molar-refractivity contribution < 1.29 is 8.42 Å². The number of rotatable bonds is 4. The first kappa shape index (κ1) is 15.0. The first-order valence-electron chi connectivity index (χ1n) is 6.47. The molecule has 6 heteroatoms. The van der Waals surface area contributed by atoms with E-state index in [0.29, 0.717) is 10.8 Å². The molecule has 2 rings (SSSR count). The van der Waals surface area contributed by atoms with Gasteiger partial charge in [0.05, 0.1) is 4.90 Å². The van der Waals surface area contributed by atoms with Gasteiger partial charge in [0, 0.05) is 10.5 Å². The van der Waals surface area contributed by atoms with Crippen LogP contribution < -0.4 is 10.0 Å². The average molecular weight is 347 g/mol. The van der Waals surface area contributed by atoms with Crippen molar-refractivity contribution >= 4 is 26.0 Å². The van der Waals surface area contributed by atoms with Gasteiger partial charge < -0.3 is 5.32 Å². The van der Waals surface area contributed by atoms with Gasteiger partial charge in [0.2, 0.25) is 10.0 Å². The van der Waals surface area contributed by atoms with Gasteiger partial charge in [0.15, 0.2) is 0 Å². The summed E-state index contributed by atoms with van der Waals surface area (Å²) < 4.78 is 28.1. The van der Waals surface area contributed by atoms with Gasteiger partial charge in [-0.15, -0.1) is 0 Å². The first-order valence-corrected chi connectivity index (χ1v) is 8.75. The van der Waals surface area contributed by atoms with E-state index < -0.39 is 10.0 Å². The number of sulfonamides is 1. The highest BCUT2D eigenvalue weighted by Crippen LogP contribution is 2.18. The monoisotopic (exact) mass is 346 g/mol. The lowest BCUT2D eigenvalue weighted by atomic mass is 9.94. The summed E-state index contributed by atoms with van der Waals surface area (Å²) in [6.07, 6.45) is 2.17. The minimum atomic E-state index is -3.42. The Morgan fingerprint density at radius 3 is 2.63 bits per heavy atom. The Hall–Kier alpha value is -0.430. The zero-order chi connectivity index (χ0) is 13.9. The minimum absolute atomic E-state index is 0.0542. The van der Waals surface area contributed by atoms with E-state index >= 15 is 0 Å². The largest absolute Gasteiger partial charge is 0.316 e. The molecule has 2 unspecified atom stereocenters. The van der Waals surface area contributed by atoms with Crippen LogP contribution in [0, 0.1) is 5.92 Å². The number of piperidine rings is 1. The van der Waals surface area contributed by atoms with Crippen LogP contribution in [0.1, 0.15) is 19.8 Å². The smallest absolute Gasteiger partial charge is 0.240 e. The van der Waals surface area contributed by atoms with Crippen molar-refractivity contribution in [2.75, 3.05) is 13.1 Å². The van der Waals surface area contributed by atoms with Crippen LogP contribution in [-0.2, 0) is 10.0 Å². The van der Waals surface area contributed by atoms with Crippen LogP contribution >= 0.6 is 15.9 Å². The maximum Gasteiger partial charge on any atom is 0.240 e. The van der Waals surface area contributed by atoms with E-state index in [4.69, 9.17) is 0 Å². The summed E-state index contributed by atoms with van der Waals surface area (Å²) in [5.74, 6) is 0.360. The summed E-state index contributed by atoms with van der Waals surface area (Å²) in [5.41, 5.74) is 0. The molecule has 1 saturated heterocycles. The quantitative estimate of drug-likeness (QED) is 0.877. The second-order valence-electron chi connectivity index (χ2n) is 4.97. The third-order valence-corrected chi connectivity index (χ3v) is 5.61. The second-order valence-corrected chi connectivity index (χ2v) is 7.60. The summed E-state index contributed by atoms with van der Waals surface area (Å²) >= 11 is 3.30. The molecule has 0 radical (unpaired) electrons. The number of hydrogen-bond donors (Lipinski definition) is 2. The maximum atomic E-state index is 12.2. The Balaban J connectivity index is 2.05. The van der Waals surface area contributed by atoms with Gasteiger partial charge in [-0.25, -0.2) is 13.1 Å². The van der Waals surface area contributed by atoms with Crippen LogP contribution in [0.2, 0.25) is 0 Å². The van der Waals surface area contributed by atoms with Gasteiger partial charge in [-0.05, 0) is 63.0 Å². The standard InChI is InChI=1S/C13H19BrN2O2S/c1-10(11-3-2-8-15-9-11)16-19(17,18)13-6-4-12(14)5-7-13/h4-7,10-11,15-16H,2-3,8-9H2,1H3. The fourth-order valence-electron chi connectivity index (χ4n) is 2.33. The van der Waals surface area contributed by atoms with Crippen LogP contribution in [0.5, 0.6) is 0 Å². The Morgan fingerprint density at radius 2 is 2.05 bits per heavy atom. The molecule has 2 N–H and O–H groups in total. The van der Waals surface area contributed by atoms with Crippen molar-refractivity contribution in [2.24, 2.45) is 5.92 Å². The van der Waals surface area contributed by atoms with E-state index in [9.17, 15) is 8.42 Å². The molecular formula is C13H19BrN2O2S. The average Bonchev–Trinajstić information content (AvgIpc) is 2.40. The van der Waals surface area contributed by atoms with Gasteiger partial charge in [0.1, 0.15) is 0 Å². The van der Waals surface area contributed by atoms with Crippen molar-refractivity contribution in [2.45, 2.75) is 30.7 Å². The lowest BCUT2D eigenvalue weighted by molar-refractivity contribution is 0.320. The Kier molecular flexibility index (Phi) is 5.00. The molecule has 0 aromatic heterocycles. The van der Waals surface area contributed by atoms with Crippen LogP contribution in [0.4, 0.5) is 0 Å². The molecule has 1 fully saturated rings. The molecule has 0 saturated carbocycles. The third kappa shape index (κ3) is 4.02. The predicted molar refractivity (Wildman–Crippen MR) is 79.5 cm³/mol. The maximum absolute atomic E-state index is 12.2. The molecule has 0 bridgehead atoms. The normalized spacial score (nSPS) is 22.1. The van der Waals surface area contributed by atoms with E-state index in [-0.39, 0.29) is 6.04 Å². The highest BCUT2D eigenvalue weighted by Gasteiger charge is 2.24. The van der Waals surface area contributed by atoms with Crippen LogP contribution in [0.25, 0.3) is 0 Å². The first-order chi connectivity index (χ1) is 8.99. The number of hydrogen-bond acceptors (Lipinski definition) is 3. The summed E-state index contributed by atoms with van der Waals surface area (Å²) in [5, 5.41) is 3.31. The third-order valence-electron chi connectivity index (χ3n) is 3.51. The zero-order valence-electron chi connectivity index (χ0n) is 10.9. The summed E-state index contributed by atoms with van der Waals surface area (Å²) in [6, 6.07) is 6.64. The lowest BCUT2D eigenvalue weighted by Gasteiger charge is -2.28. The number of nitrogens with one attached hydrogen (secondary N) is 2. The van der Waals surface area contributed by atoms with E-state index in [1.807, 2.05) is 6.92 Å². The summed E-state index contributed by atoms with van der Waals surface area (Å²) in [7, 11) is -3.42. The molecule has 0 spiro atoms. The van der Waals surface area contributed by atoms with Crippen molar-refractivity contribution in [1.29, 1.82) is 0 Å². The molecule has 1 aliphatic heterocycles. The van der Waals surface area contributed by atoms with Gasteiger partial charge in [-0.3, -0.25) is 0 Å². The molecule has 106 valence electrons. The molecule has 0 aliphatic carbocycles. The van der Waals surface area contributed by atoms with Crippen molar-refractivity contribution in [1.82, 2.24) is 10.0 Å². The Morgan fingerprint density at radius 1 is 1.37 bits per heavy atom. The molecule has 1 aromatic rings. The van der Waals surface area contributed by atoms with E-state index in [2.05, 4.69) is 26.0 Å². The molecule has 19 heavy (non-hydrogen) atoms. The molecule has 4 nitrogen and oxygen atoms in total. The van der Waals surface area contributed by atoms with Gasteiger partial charge in [-0.1, -0.05) is 15.9 Å². The highest BCUT2D eigenvalue weighted by molar-refractivity contribution is 9.10. The lowest BCUT2D eigenvalue weighted by Crippen LogP contribution is -2.44. The highest BCUT2D eigenvalue weighted by atomic mass is 79.9. The van der Waals surface area contributed by atoms with Gasteiger partial charge >= 0.3 is 0 Å². The molecule has 0 amide bonds. The molecule has 2 atom stereocenters. The molecule has 1 aromatic carbocycles. The predicted octanol–water partition coefficient (Wildman–Crippen LogP) is 2.12. The van der Waals surface area contributed by atoms with E-state index in [1.54, 1.807) is 24.3 Å². The summed E-state index contributed by atoms with van der Waals surface area (Å²) in [4.78, 5) is 0.311. The topological polar surface area (TPSA) is 58.2 Å². The van der Waals surface area contributed by atoms with Crippen molar-refractivity contribution in [3.63, 3.8) is 0 Å². The van der Waals surface area contributed by atoms with E-state index in [1.165, 1.54) is 0 Å². The second kappa shape index (κ2) is 6.35. The van der Waals surface area contributed by atoms with Crippen LogP contribution in [0.15, 0.2) is 33.6 Å². The van der Waals surface area contributed by atoms with Gasteiger partial charge in [-0.2, -0.15) is 0 Å². The summed E-state index contributed by atoms with van der Waals surface area (Å²) in [6.45, 7) is 3.85. The molecule has 1 heterocycles. The van der Waals surface area contributed by atoms with Crippen LogP contribution in [0.3, 0.4) is 0 Å². The number of halogens is 1. The SMILES string of the molecule is CC(NS(=O)(=O)c1ccc(Br)cc1)C1CCCNC1. The van der Waals surface area contributed by atoms with E-state index in [0.717, 1.165) is 30.4 Å². The van der Waals surface area contributed by atoms with Crippen molar-refractivity contribution in [3.05, 3.63) is 28.7 Å². The Labute approximate surface area is 123 Å². The zero-order valence-corrected chi connectivity index (χ0v) is 13.3. The fourth-order valence-corrected chi connectivity index (χ4v) is 3.90. The molecule has 1 aliphatic rings. The minimum Gasteiger partial charge on any atom is -0.316 e. The van der Waals surface area contributed by atoms with Crippen molar-refractivity contribution in [3.8, 4) is 0 Å². The van der Waals surface area contributed by atoms with Gasteiger partial charge in [0.25, 0.3) is 0 Å². The fraction of sp³-hybridized carbons (Fsp3) is 0.538. The van der Waals surface area contributed by atoms with Crippen LogP contribution in [-0.4, -0.2) is 27.5 Å². The number of benzene rings is 1. The Bertz CT molecular complexity index is 510. The molecular weight excluding hydrogens is 328 g/mol.